The second-order valence-electron chi connectivity index (χ2n) is 9.93. The lowest BCUT2D eigenvalue weighted by molar-refractivity contribution is -0.385. The summed E-state index contributed by atoms with van der Waals surface area (Å²) in [7, 11) is 0. The van der Waals surface area contributed by atoms with Gasteiger partial charge < -0.3 is 9.80 Å². The Hall–Kier alpha value is -3.33. The number of hydrogen-bond donors (Lipinski definition) is 0. The zero-order valence-corrected chi connectivity index (χ0v) is 22.2. The van der Waals surface area contributed by atoms with Crippen LogP contribution in [0.1, 0.15) is 58.4 Å². The molecule has 2 saturated heterocycles. The predicted octanol–water partition coefficient (Wildman–Crippen LogP) is 5.63. The van der Waals surface area contributed by atoms with E-state index in [0.717, 1.165) is 42.9 Å². The van der Waals surface area contributed by atoms with Gasteiger partial charge in [-0.1, -0.05) is 40.2 Å². The second kappa shape index (κ2) is 11.0. The van der Waals surface area contributed by atoms with Crippen molar-refractivity contribution in [2.45, 2.75) is 38.5 Å². The third-order valence-electron chi connectivity index (χ3n) is 7.46. The highest BCUT2D eigenvalue weighted by atomic mass is 79.9. The number of amides is 2. The third-order valence-corrected chi connectivity index (χ3v) is 7.92. The average molecular weight is 565 g/mol. The number of hydrogen-bond acceptors (Lipinski definition) is 5. The molecule has 2 aliphatic rings. The van der Waals surface area contributed by atoms with Crippen LogP contribution in [0.15, 0.2) is 53.3 Å². The number of benzene rings is 2. The van der Waals surface area contributed by atoms with E-state index in [2.05, 4.69) is 20.9 Å². The van der Waals surface area contributed by atoms with Gasteiger partial charge in [-0.25, -0.2) is 0 Å². The van der Waals surface area contributed by atoms with E-state index < -0.39 is 4.92 Å². The number of carbonyl (C=O) groups is 2. The molecular formula is C28H29BrN4O4. The van der Waals surface area contributed by atoms with Gasteiger partial charge in [0.05, 0.1) is 16.1 Å². The van der Waals surface area contributed by atoms with E-state index in [1.807, 2.05) is 34.1 Å². The number of pyridine rings is 1. The number of aromatic nitrogens is 1. The number of piperidine rings is 2. The van der Waals surface area contributed by atoms with Crippen molar-refractivity contribution in [1.29, 1.82) is 0 Å². The first-order chi connectivity index (χ1) is 17.9. The van der Waals surface area contributed by atoms with E-state index in [1.54, 1.807) is 18.5 Å². The van der Waals surface area contributed by atoms with Crippen molar-refractivity contribution in [2.24, 2.45) is 5.92 Å². The lowest BCUT2D eigenvalue weighted by Gasteiger charge is -2.33. The summed E-state index contributed by atoms with van der Waals surface area (Å²) in [4.78, 5) is 46.5. The third kappa shape index (κ3) is 5.37. The van der Waals surface area contributed by atoms with E-state index >= 15 is 0 Å². The first-order valence-electron chi connectivity index (χ1n) is 12.8. The Morgan fingerprint density at radius 3 is 2.49 bits per heavy atom. The molecular weight excluding hydrogens is 536 g/mol. The van der Waals surface area contributed by atoms with Crippen molar-refractivity contribution in [3.05, 3.63) is 80.1 Å². The topological polar surface area (TPSA) is 96.6 Å². The van der Waals surface area contributed by atoms with Crippen LogP contribution in [0.2, 0.25) is 0 Å². The van der Waals surface area contributed by atoms with Gasteiger partial charge in [-0.2, -0.15) is 0 Å². The summed E-state index contributed by atoms with van der Waals surface area (Å²) < 4.78 is 0.521. The van der Waals surface area contributed by atoms with Crippen LogP contribution in [0.25, 0.3) is 10.8 Å². The monoisotopic (exact) mass is 564 g/mol. The molecule has 192 valence electrons. The molecule has 37 heavy (non-hydrogen) atoms. The maximum atomic E-state index is 13.5. The van der Waals surface area contributed by atoms with Crippen molar-refractivity contribution in [2.75, 3.05) is 26.2 Å². The lowest BCUT2D eigenvalue weighted by atomic mass is 9.87. The summed E-state index contributed by atoms with van der Waals surface area (Å²) in [5, 5.41) is 13.8. The van der Waals surface area contributed by atoms with E-state index in [4.69, 9.17) is 0 Å². The first-order valence-corrected chi connectivity index (χ1v) is 13.6. The summed E-state index contributed by atoms with van der Waals surface area (Å²) >= 11 is 3.37. The molecule has 2 amide bonds. The number of halogens is 1. The van der Waals surface area contributed by atoms with Crippen molar-refractivity contribution in [3.63, 3.8) is 0 Å². The van der Waals surface area contributed by atoms with Crippen molar-refractivity contribution in [1.82, 2.24) is 14.8 Å². The number of fused-ring (bicyclic) bond motifs is 1. The number of rotatable bonds is 5. The van der Waals surface area contributed by atoms with Gasteiger partial charge in [0.15, 0.2) is 0 Å². The SMILES string of the molecule is O=C(c1cc(Br)cc([N+](=O)[O-])c1C[C@@H]1CCCN(C(=O)c2cncc3ccccc23)C1)N1CCCCC1. The molecule has 3 aromatic rings. The Labute approximate surface area is 223 Å². The Morgan fingerprint density at radius 1 is 0.973 bits per heavy atom. The fourth-order valence-corrected chi connectivity index (χ4v) is 6.07. The largest absolute Gasteiger partial charge is 0.339 e. The van der Waals surface area contributed by atoms with E-state index in [1.165, 1.54) is 6.07 Å². The zero-order valence-electron chi connectivity index (χ0n) is 20.6. The highest BCUT2D eigenvalue weighted by molar-refractivity contribution is 9.10. The number of likely N-dealkylation sites (tertiary alicyclic amines) is 2. The minimum atomic E-state index is -0.402. The second-order valence-corrected chi connectivity index (χ2v) is 10.8. The molecule has 2 fully saturated rings. The molecule has 0 aliphatic carbocycles. The Bertz CT molecular complexity index is 1350. The molecule has 3 heterocycles. The molecule has 0 N–H and O–H groups in total. The molecule has 1 aromatic heterocycles. The summed E-state index contributed by atoms with van der Waals surface area (Å²) in [6.45, 7) is 2.44. The Kier molecular flexibility index (Phi) is 7.50. The normalized spacial score (nSPS) is 18.1. The molecule has 5 rings (SSSR count). The highest BCUT2D eigenvalue weighted by Crippen LogP contribution is 2.34. The van der Waals surface area contributed by atoms with Crippen molar-refractivity contribution < 1.29 is 14.5 Å². The molecule has 0 unspecified atom stereocenters. The standard InChI is InChI=1S/C28H29BrN4O4/c29-21-14-24(27(34)31-10-4-1-5-11-31)23(26(15-21)33(36)37)13-19-7-6-12-32(18-19)28(35)25-17-30-16-20-8-2-3-9-22(20)25/h2-3,8-9,14-17,19H,1,4-7,10-13,18H2/t19-/m0/s1. The van der Waals surface area contributed by atoms with Crippen LogP contribution in [-0.2, 0) is 6.42 Å². The van der Waals surface area contributed by atoms with E-state index in [-0.39, 0.29) is 23.4 Å². The summed E-state index contributed by atoms with van der Waals surface area (Å²) in [6, 6.07) is 10.9. The van der Waals surface area contributed by atoms with Gasteiger partial charge in [0.1, 0.15) is 0 Å². The van der Waals surface area contributed by atoms with Crippen LogP contribution in [0.4, 0.5) is 5.69 Å². The molecule has 0 saturated carbocycles. The zero-order chi connectivity index (χ0) is 25.9. The molecule has 0 spiro atoms. The molecule has 2 aromatic carbocycles. The number of carbonyl (C=O) groups excluding carboxylic acids is 2. The smallest absolute Gasteiger partial charge is 0.274 e. The number of nitro groups is 1. The molecule has 0 radical (unpaired) electrons. The van der Waals surface area contributed by atoms with Crippen LogP contribution in [0.3, 0.4) is 0 Å². The molecule has 8 nitrogen and oxygen atoms in total. The van der Waals surface area contributed by atoms with Gasteiger partial charge in [-0.3, -0.25) is 24.7 Å². The minimum absolute atomic E-state index is 0.00779. The summed E-state index contributed by atoms with van der Waals surface area (Å²) in [5.74, 6) is -0.220. The molecule has 9 heteroatoms. The maximum absolute atomic E-state index is 13.5. The van der Waals surface area contributed by atoms with Gasteiger partial charge in [0.2, 0.25) is 0 Å². The molecule has 0 bridgehead atoms. The van der Waals surface area contributed by atoms with Crippen LogP contribution < -0.4 is 0 Å². The van der Waals surface area contributed by atoms with Gasteiger partial charge in [0, 0.05) is 60.1 Å². The average Bonchev–Trinajstić information content (AvgIpc) is 2.93. The van der Waals surface area contributed by atoms with Gasteiger partial charge in [-0.05, 0) is 55.9 Å². The van der Waals surface area contributed by atoms with Gasteiger partial charge in [-0.15, -0.1) is 0 Å². The van der Waals surface area contributed by atoms with Crippen LogP contribution in [0.5, 0.6) is 0 Å². The summed E-state index contributed by atoms with van der Waals surface area (Å²) in [5.41, 5.74) is 1.38. The fraction of sp³-hybridized carbons (Fsp3) is 0.393. The van der Waals surface area contributed by atoms with Crippen LogP contribution >= 0.6 is 15.9 Å². The van der Waals surface area contributed by atoms with Crippen LogP contribution in [0, 0.1) is 16.0 Å². The van der Waals surface area contributed by atoms with E-state index in [9.17, 15) is 19.7 Å². The number of nitrogens with zero attached hydrogens (tertiary/aromatic N) is 4. The summed E-state index contributed by atoms with van der Waals surface area (Å²) in [6.07, 6.45) is 8.35. The van der Waals surface area contributed by atoms with Crippen molar-refractivity contribution in [3.8, 4) is 0 Å². The maximum Gasteiger partial charge on any atom is 0.274 e. The number of nitro benzene ring substituents is 1. The minimum Gasteiger partial charge on any atom is -0.339 e. The molecule has 2 aliphatic heterocycles. The highest BCUT2D eigenvalue weighted by Gasteiger charge is 2.32. The quantitative estimate of drug-likeness (QED) is 0.295. The van der Waals surface area contributed by atoms with Gasteiger partial charge in [0.25, 0.3) is 17.5 Å². The van der Waals surface area contributed by atoms with Gasteiger partial charge >= 0.3 is 0 Å². The Morgan fingerprint density at radius 2 is 1.70 bits per heavy atom. The van der Waals surface area contributed by atoms with E-state index in [0.29, 0.717) is 53.8 Å². The van der Waals surface area contributed by atoms with Crippen molar-refractivity contribution >= 4 is 44.2 Å². The fourth-order valence-electron chi connectivity index (χ4n) is 5.62. The Balaban J connectivity index is 1.42. The van der Waals surface area contributed by atoms with Crippen LogP contribution in [-0.4, -0.2) is 57.7 Å². The predicted molar refractivity (Wildman–Crippen MR) is 145 cm³/mol. The lowest BCUT2D eigenvalue weighted by Crippen LogP contribution is -2.41. The first kappa shape index (κ1) is 25.3. The molecule has 1 atom stereocenters.